The highest BCUT2D eigenvalue weighted by molar-refractivity contribution is 5.83. The van der Waals surface area contributed by atoms with E-state index in [1.165, 1.54) is 0 Å². The Balaban J connectivity index is 1.67. The molecule has 0 aliphatic carbocycles. The molecule has 1 aromatic carbocycles. The second-order valence-corrected chi connectivity index (χ2v) is 5.77. The van der Waals surface area contributed by atoms with E-state index in [-0.39, 0.29) is 5.82 Å². The fraction of sp³-hybridized carbons (Fsp3) is 0.118. The second-order valence-electron chi connectivity index (χ2n) is 5.77. The molecule has 4 aromatic rings. The number of imidazole rings is 1. The van der Waals surface area contributed by atoms with E-state index in [9.17, 15) is 4.79 Å². The van der Waals surface area contributed by atoms with Crippen molar-refractivity contribution in [3.05, 3.63) is 42.7 Å². The average Bonchev–Trinajstić information content (AvgIpc) is 3.28. The fourth-order valence-corrected chi connectivity index (χ4v) is 2.74. The Morgan fingerprint density at radius 3 is 2.75 bits per heavy atom. The van der Waals surface area contributed by atoms with Gasteiger partial charge in [-0.2, -0.15) is 0 Å². The van der Waals surface area contributed by atoms with Crippen LogP contribution in [0.1, 0.15) is 0 Å². The van der Waals surface area contributed by atoms with Crippen molar-refractivity contribution in [1.82, 2.24) is 30.2 Å². The van der Waals surface area contributed by atoms with E-state index >= 15 is 0 Å². The number of rotatable bonds is 6. The normalized spacial score (nSPS) is 10.9. The molecule has 11 heteroatoms. The third-order valence-corrected chi connectivity index (χ3v) is 3.95. The zero-order valence-electron chi connectivity index (χ0n) is 14.6. The molecule has 11 nitrogen and oxygen atoms in total. The van der Waals surface area contributed by atoms with Crippen LogP contribution < -0.4 is 21.5 Å². The first-order chi connectivity index (χ1) is 13.6. The van der Waals surface area contributed by atoms with Crippen LogP contribution in [-0.4, -0.2) is 44.0 Å². The maximum Gasteiger partial charge on any atom is 0.312 e. The molecule has 2 amide bonds. The largest absolute Gasteiger partial charge is 0.492 e. The Labute approximate surface area is 158 Å². The van der Waals surface area contributed by atoms with Crippen molar-refractivity contribution in [2.24, 2.45) is 5.73 Å². The SMILES string of the molecule is NC(=O)NCCOc1ccc(-n2c(-c3nonc3N)nc3cnccc32)cc1. The minimum absolute atomic E-state index is 0.145. The summed E-state index contributed by atoms with van der Waals surface area (Å²) in [5.41, 5.74) is 13.5. The number of nitrogens with zero attached hydrogens (tertiary/aromatic N) is 5. The lowest BCUT2D eigenvalue weighted by Crippen LogP contribution is -2.32. The topological polar surface area (TPSA) is 160 Å². The molecule has 28 heavy (non-hydrogen) atoms. The van der Waals surface area contributed by atoms with Gasteiger partial charge in [0.05, 0.1) is 18.3 Å². The van der Waals surface area contributed by atoms with E-state index in [4.69, 9.17) is 20.8 Å². The predicted octanol–water partition coefficient (Wildman–Crippen LogP) is 1.10. The molecule has 0 atom stereocenters. The molecular formula is C17H16N8O3. The van der Waals surface area contributed by atoms with Crippen LogP contribution in [0.15, 0.2) is 47.4 Å². The summed E-state index contributed by atoms with van der Waals surface area (Å²) < 4.78 is 12.2. The number of carbonyl (C=O) groups is 1. The molecule has 0 aliphatic heterocycles. The maximum absolute atomic E-state index is 10.7. The van der Waals surface area contributed by atoms with Gasteiger partial charge in [-0.25, -0.2) is 14.4 Å². The van der Waals surface area contributed by atoms with Crippen molar-refractivity contribution in [2.75, 3.05) is 18.9 Å². The van der Waals surface area contributed by atoms with Crippen molar-refractivity contribution in [1.29, 1.82) is 0 Å². The molecule has 3 aromatic heterocycles. The number of anilines is 1. The van der Waals surface area contributed by atoms with Gasteiger partial charge in [-0.1, -0.05) is 0 Å². The van der Waals surface area contributed by atoms with Gasteiger partial charge >= 0.3 is 6.03 Å². The number of hydrogen-bond donors (Lipinski definition) is 3. The van der Waals surface area contributed by atoms with Gasteiger partial charge in [0.15, 0.2) is 17.3 Å². The van der Waals surface area contributed by atoms with Crippen LogP contribution in [0.25, 0.3) is 28.2 Å². The number of pyridine rings is 1. The van der Waals surface area contributed by atoms with Crippen molar-refractivity contribution in [3.63, 3.8) is 0 Å². The number of amides is 2. The number of ether oxygens (including phenoxy) is 1. The van der Waals surface area contributed by atoms with Gasteiger partial charge in [-0.3, -0.25) is 9.55 Å². The van der Waals surface area contributed by atoms with Gasteiger partial charge in [-0.15, -0.1) is 0 Å². The third-order valence-electron chi connectivity index (χ3n) is 3.95. The minimum atomic E-state index is -0.588. The average molecular weight is 380 g/mol. The summed E-state index contributed by atoms with van der Waals surface area (Å²) in [4.78, 5) is 19.3. The summed E-state index contributed by atoms with van der Waals surface area (Å²) in [6.07, 6.45) is 3.33. The molecule has 0 fully saturated rings. The molecule has 0 radical (unpaired) electrons. The van der Waals surface area contributed by atoms with Crippen LogP contribution in [0.2, 0.25) is 0 Å². The number of primary amides is 1. The van der Waals surface area contributed by atoms with E-state index < -0.39 is 6.03 Å². The van der Waals surface area contributed by atoms with Crippen molar-refractivity contribution in [3.8, 4) is 23.0 Å². The van der Waals surface area contributed by atoms with Gasteiger partial charge in [0.1, 0.15) is 17.9 Å². The molecule has 0 aliphatic rings. The standard InChI is InChI=1S/C17H16N8O3/c18-15-14(23-28-24-15)16-22-12-9-20-6-5-13(12)25(16)10-1-3-11(4-2-10)27-8-7-21-17(19)26/h1-6,9H,7-8H2,(H2,18,24)(H3,19,21,26). The molecule has 0 bridgehead atoms. The quantitative estimate of drug-likeness (QED) is 0.419. The zero-order chi connectivity index (χ0) is 19.5. The van der Waals surface area contributed by atoms with E-state index in [1.807, 2.05) is 22.8 Å². The Bertz CT molecular complexity index is 1120. The molecule has 0 spiro atoms. The number of nitrogens with two attached hydrogens (primary N) is 2. The van der Waals surface area contributed by atoms with Gasteiger partial charge < -0.3 is 21.5 Å². The van der Waals surface area contributed by atoms with Crippen LogP contribution in [0.5, 0.6) is 5.75 Å². The van der Waals surface area contributed by atoms with Crippen LogP contribution in [0, 0.1) is 0 Å². The summed E-state index contributed by atoms with van der Waals surface area (Å²) in [5.74, 6) is 1.28. The van der Waals surface area contributed by atoms with Crippen LogP contribution in [0.3, 0.4) is 0 Å². The molecule has 0 unspecified atom stereocenters. The second kappa shape index (κ2) is 7.23. The van der Waals surface area contributed by atoms with E-state index in [0.29, 0.717) is 35.9 Å². The first-order valence-corrected chi connectivity index (χ1v) is 8.31. The number of hydrogen-bond acceptors (Lipinski definition) is 8. The van der Waals surface area contributed by atoms with Gasteiger partial charge in [0.2, 0.25) is 0 Å². The van der Waals surface area contributed by atoms with Crippen LogP contribution in [-0.2, 0) is 0 Å². The highest BCUT2D eigenvalue weighted by atomic mass is 16.6. The first-order valence-electron chi connectivity index (χ1n) is 8.31. The Morgan fingerprint density at radius 2 is 2.04 bits per heavy atom. The Kier molecular flexibility index (Phi) is 4.46. The number of urea groups is 1. The fourth-order valence-electron chi connectivity index (χ4n) is 2.74. The van der Waals surface area contributed by atoms with Gasteiger partial charge in [0, 0.05) is 11.9 Å². The molecule has 5 N–H and O–H groups in total. The zero-order valence-corrected chi connectivity index (χ0v) is 14.6. The summed E-state index contributed by atoms with van der Waals surface area (Å²) >= 11 is 0. The number of benzene rings is 1. The predicted molar refractivity (Wildman–Crippen MR) is 99.7 cm³/mol. The third kappa shape index (κ3) is 3.28. The number of nitrogens with one attached hydrogen (secondary N) is 1. The summed E-state index contributed by atoms with van der Waals surface area (Å²) in [5, 5.41) is 9.95. The first kappa shape index (κ1) is 17.3. The number of aromatic nitrogens is 5. The molecule has 142 valence electrons. The van der Waals surface area contributed by atoms with Crippen molar-refractivity contribution >= 4 is 22.9 Å². The summed E-state index contributed by atoms with van der Waals surface area (Å²) in [6, 6.07) is 8.60. The van der Waals surface area contributed by atoms with Crippen molar-refractivity contribution < 1.29 is 14.2 Å². The van der Waals surface area contributed by atoms with Crippen LogP contribution in [0.4, 0.5) is 10.6 Å². The summed E-state index contributed by atoms with van der Waals surface area (Å²) in [7, 11) is 0. The smallest absolute Gasteiger partial charge is 0.312 e. The highest BCUT2D eigenvalue weighted by Gasteiger charge is 2.20. The summed E-state index contributed by atoms with van der Waals surface area (Å²) in [6.45, 7) is 0.618. The number of nitrogen functional groups attached to an aromatic ring is 1. The lowest BCUT2D eigenvalue weighted by atomic mass is 10.2. The molecule has 4 rings (SSSR count). The van der Waals surface area contributed by atoms with Gasteiger partial charge in [0.25, 0.3) is 0 Å². The minimum Gasteiger partial charge on any atom is -0.492 e. The lowest BCUT2D eigenvalue weighted by Gasteiger charge is -2.10. The Hall–Kier alpha value is -4.15. The van der Waals surface area contributed by atoms with Crippen LogP contribution >= 0.6 is 0 Å². The van der Waals surface area contributed by atoms with E-state index in [2.05, 4.69) is 25.6 Å². The number of carbonyl (C=O) groups excluding carboxylic acids is 1. The van der Waals surface area contributed by atoms with E-state index in [0.717, 1.165) is 11.2 Å². The molecule has 3 heterocycles. The Morgan fingerprint density at radius 1 is 1.21 bits per heavy atom. The number of fused-ring (bicyclic) bond motifs is 1. The van der Waals surface area contributed by atoms with E-state index in [1.54, 1.807) is 24.5 Å². The molecule has 0 saturated heterocycles. The lowest BCUT2D eigenvalue weighted by molar-refractivity contribution is 0.244. The van der Waals surface area contributed by atoms with Crippen molar-refractivity contribution in [2.45, 2.75) is 0 Å². The molecular weight excluding hydrogens is 364 g/mol. The molecule has 0 saturated carbocycles. The highest BCUT2D eigenvalue weighted by Crippen LogP contribution is 2.30. The monoisotopic (exact) mass is 380 g/mol. The maximum atomic E-state index is 10.7. The van der Waals surface area contributed by atoms with Gasteiger partial charge in [-0.05, 0) is 40.6 Å².